The fraction of sp³-hybridized carbons (Fsp3) is 0.125. The topological polar surface area (TPSA) is 79.8 Å². The molecule has 3 rings (SSSR count). The number of carbonyl (C=O) groups is 1. The molecule has 0 aliphatic carbocycles. The lowest BCUT2D eigenvalue weighted by molar-refractivity contribution is -0.121. The number of nitrogens with one attached hydrogen (secondary N) is 2. The van der Waals surface area contributed by atoms with E-state index in [2.05, 4.69) is 15.3 Å². The van der Waals surface area contributed by atoms with Crippen LogP contribution in [0, 0.1) is 4.77 Å². The zero-order chi connectivity index (χ0) is 17.1. The third-order valence-corrected chi connectivity index (χ3v) is 3.99. The summed E-state index contributed by atoms with van der Waals surface area (Å²) in [5.41, 5.74) is 0.930. The smallest absolute Gasteiger partial charge is 0.264 e. The Bertz CT molecular complexity index is 1030. The predicted octanol–water partition coefficient (Wildman–Crippen LogP) is 2.42. The molecule has 0 aliphatic rings. The number of amides is 1. The predicted molar refractivity (Wildman–Crippen MR) is 94.5 cm³/mol. The van der Waals surface area contributed by atoms with Crippen molar-refractivity contribution in [1.82, 2.24) is 19.9 Å². The molecule has 122 valence electrons. The quantitative estimate of drug-likeness (QED) is 0.700. The largest absolute Gasteiger partial charge is 0.350 e. The number of halogens is 1. The van der Waals surface area contributed by atoms with Crippen molar-refractivity contribution in [2.75, 3.05) is 0 Å². The molecule has 0 saturated carbocycles. The van der Waals surface area contributed by atoms with Crippen LogP contribution in [0.3, 0.4) is 0 Å². The molecule has 0 radical (unpaired) electrons. The molecule has 0 spiro atoms. The summed E-state index contributed by atoms with van der Waals surface area (Å²) in [4.78, 5) is 31.5. The summed E-state index contributed by atoms with van der Waals surface area (Å²) < 4.78 is 1.37. The van der Waals surface area contributed by atoms with Gasteiger partial charge >= 0.3 is 0 Å². The van der Waals surface area contributed by atoms with Crippen LogP contribution in [-0.2, 0) is 17.9 Å². The molecule has 1 aromatic carbocycles. The van der Waals surface area contributed by atoms with Gasteiger partial charge < -0.3 is 10.3 Å². The van der Waals surface area contributed by atoms with Crippen LogP contribution < -0.4 is 10.9 Å². The number of rotatable bonds is 4. The number of benzene rings is 1. The Hall–Kier alpha value is -2.51. The molecule has 0 aliphatic heterocycles. The number of aromatic nitrogens is 3. The molecule has 1 amide bonds. The molecule has 0 unspecified atom stereocenters. The molecular weight excluding hydrogens is 348 g/mol. The van der Waals surface area contributed by atoms with Gasteiger partial charge in [0.2, 0.25) is 5.91 Å². The summed E-state index contributed by atoms with van der Waals surface area (Å²) >= 11 is 11.1. The molecule has 2 aromatic heterocycles. The van der Waals surface area contributed by atoms with Gasteiger partial charge in [-0.2, -0.15) is 0 Å². The number of hydrogen-bond acceptors (Lipinski definition) is 4. The highest BCUT2D eigenvalue weighted by atomic mass is 35.5. The van der Waals surface area contributed by atoms with Gasteiger partial charge in [0, 0.05) is 17.8 Å². The van der Waals surface area contributed by atoms with Crippen LogP contribution in [0.15, 0.2) is 47.4 Å². The van der Waals surface area contributed by atoms with Crippen molar-refractivity contribution in [1.29, 1.82) is 0 Å². The van der Waals surface area contributed by atoms with Crippen LogP contribution in [0.25, 0.3) is 11.0 Å². The van der Waals surface area contributed by atoms with Gasteiger partial charge in [0.25, 0.3) is 5.56 Å². The molecule has 0 bridgehead atoms. The highest BCUT2D eigenvalue weighted by molar-refractivity contribution is 7.71. The van der Waals surface area contributed by atoms with Crippen molar-refractivity contribution in [2.24, 2.45) is 0 Å². The first-order valence-electron chi connectivity index (χ1n) is 7.13. The second-order valence-corrected chi connectivity index (χ2v) is 5.95. The average Bonchev–Trinajstić information content (AvgIpc) is 2.57. The van der Waals surface area contributed by atoms with Crippen LogP contribution >= 0.6 is 23.8 Å². The Morgan fingerprint density at radius 2 is 2.17 bits per heavy atom. The van der Waals surface area contributed by atoms with Gasteiger partial charge in [0.1, 0.15) is 12.2 Å². The minimum absolute atomic E-state index is 0.157. The lowest BCUT2D eigenvalue weighted by Crippen LogP contribution is -2.33. The van der Waals surface area contributed by atoms with Crippen LogP contribution in [0.2, 0.25) is 5.02 Å². The lowest BCUT2D eigenvalue weighted by atomic mass is 10.2. The van der Waals surface area contributed by atoms with Gasteiger partial charge in [-0.05, 0) is 42.0 Å². The van der Waals surface area contributed by atoms with Crippen molar-refractivity contribution in [2.45, 2.75) is 13.1 Å². The number of aromatic amines is 1. The number of hydrogen-bond donors (Lipinski definition) is 2. The van der Waals surface area contributed by atoms with E-state index in [4.69, 9.17) is 23.8 Å². The van der Waals surface area contributed by atoms with Crippen molar-refractivity contribution < 1.29 is 4.79 Å². The maximum absolute atomic E-state index is 12.4. The summed E-state index contributed by atoms with van der Waals surface area (Å²) in [6.45, 7) is 0.152. The van der Waals surface area contributed by atoms with E-state index in [0.717, 1.165) is 5.56 Å². The molecule has 6 nitrogen and oxygen atoms in total. The minimum atomic E-state index is -0.347. The lowest BCUT2D eigenvalue weighted by Gasteiger charge is -2.09. The second kappa shape index (κ2) is 6.94. The van der Waals surface area contributed by atoms with Gasteiger partial charge in [-0.25, -0.2) is 4.98 Å². The maximum atomic E-state index is 12.4. The molecule has 3 aromatic rings. The first-order chi connectivity index (χ1) is 11.5. The van der Waals surface area contributed by atoms with Gasteiger partial charge in [-0.3, -0.25) is 14.2 Å². The first-order valence-corrected chi connectivity index (χ1v) is 7.92. The fourth-order valence-corrected chi connectivity index (χ4v) is 2.73. The summed E-state index contributed by atoms with van der Waals surface area (Å²) in [5, 5.41) is 3.73. The minimum Gasteiger partial charge on any atom is -0.350 e. The van der Waals surface area contributed by atoms with Gasteiger partial charge in [-0.15, -0.1) is 0 Å². The molecule has 2 heterocycles. The summed E-state index contributed by atoms with van der Waals surface area (Å²) in [6, 6.07) is 10.5. The normalized spacial score (nSPS) is 10.7. The van der Waals surface area contributed by atoms with E-state index in [-0.39, 0.29) is 22.8 Å². The zero-order valence-corrected chi connectivity index (χ0v) is 14.0. The Morgan fingerprint density at radius 3 is 2.96 bits per heavy atom. The highest BCUT2D eigenvalue weighted by Gasteiger charge is 2.10. The number of fused-ring (bicyclic) bond motifs is 1. The van der Waals surface area contributed by atoms with Gasteiger partial charge in [-0.1, -0.05) is 23.7 Å². The standard InChI is InChI=1S/C16H13ClN4O2S/c17-11-4-1-3-10(7-11)8-19-13(22)9-21-15(23)12-5-2-6-18-14(12)20-16(21)24/h1-7H,8-9H2,(H,19,22)(H,18,20,24). The van der Waals surface area contributed by atoms with E-state index in [1.54, 1.807) is 36.5 Å². The van der Waals surface area contributed by atoms with Crippen molar-refractivity contribution in [3.63, 3.8) is 0 Å². The number of nitrogens with zero attached hydrogens (tertiary/aromatic N) is 2. The monoisotopic (exact) mass is 360 g/mol. The molecule has 0 saturated heterocycles. The van der Waals surface area contributed by atoms with E-state index in [1.165, 1.54) is 4.57 Å². The Morgan fingerprint density at radius 1 is 1.33 bits per heavy atom. The Labute approximate surface area is 147 Å². The van der Waals surface area contributed by atoms with E-state index in [1.807, 2.05) is 6.07 Å². The van der Waals surface area contributed by atoms with E-state index < -0.39 is 0 Å². The summed E-state index contributed by atoms with van der Waals surface area (Å²) in [7, 11) is 0. The fourth-order valence-electron chi connectivity index (χ4n) is 2.27. The van der Waals surface area contributed by atoms with Crippen molar-refractivity contribution in [3.05, 3.63) is 68.3 Å². The molecular formula is C16H13ClN4O2S. The maximum Gasteiger partial charge on any atom is 0.264 e. The molecule has 0 atom stereocenters. The van der Waals surface area contributed by atoms with Crippen LogP contribution in [0.5, 0.6) is 0 Å². The van der Waals surface area contributed by atoms with Gasteiger partial charge in [0.05, 0.1) is 5.39 Å². The highest BCUT2D eigenvalue weighted by Crippen LogP contribution is 2.10. The van der Waals surface area contributed by atoms with E-state index in [0.29, 0.717) is 22.6 Å². The third-order valence-electron chi connectivity index (χ3n) is 3.43. The van der Waals surface area contributed by atoms with E-state index >= 15 is 0 Å². The van der Waals surface area contributed by atoms with Gasteiger partial charge in [0.15, 0.2) is 4.77 Å². The van der Waals surface area contributed by atoms with Crippen LogP contribution in [-0.4, -0.2) is 20.4 Å². The zero-order valence-electron chi connectivity index (χ0n) is 12.5. The third kappa shape index (κ3) is 3.52. The van der Waals surface area contributed by atoms with Crippen LogP contribution in [0.4, 0.5) is 0 Å². The van der Waals surface area contributed by atoms with Crippen molar-refractivity contribution >= 4 is 40.8 Å². The molecule has 2 N–H and O–H groups in total. The summed E-state index contributed by atoms with van der Waals surface area (Å²) in [5.74, 6) is -0.320. The van der Waals surface area contributed by atoms with E-state index in [9.17, 15) is 9.59 Å². The number of H-pyrrole nitrogens is 1. The average molecular weight is 361 g/mol. The van der Waals surface area contributed by atoms with Crippen molar-refractivity contribution in [3.8, 4) is 0 Å². The Balaban J connectivity index is 1.78. The number of carbonyl (C=O) groups excluding carboxylic acids is 1. The Kier molecular flexibility index (Phi) is 4.73. The number of pyridine rings is 1. The first kappa shape index (κ1) is 16.4. The summed E-state index contributed by atoms with van der Waals surface area (Å²) in [6.07, 6.45) is 1.56. The second-order valence-electron chi connectivity index (χ2n) is 5.13. The van der Waals surface area contributed by atoms with Crippen LogP contribution in [0.1, 0.15) is 5.56 Å². The molecule has 8 heteroatoms. The molecule has 0 fully saturated rings. The SMILES string of the molecule is O=C(Cn1c(=S)[nH]c2ncccc2c1=O)NCc1cccc(Cl)c1. The molecule has 24 heavy (non-hydrogen) atoms.